The highest BCUT2D eigenvalue weighted by Crippen LogP contribution is 2.23. The number of imidazole rings is 1. The molecule has 1 aromatic carbocycles. The molecule has 2 aromatic heterocycles. The molecule has 0 aliphatic rings. The van der Waals surface area contributed by atoms with Crippen LogP contribution in [0.5, 0.6) is 0 Å². The predicted octanol–water partition coefficient (Wildman–Crippen LogP) is 2.40. The quantitative estimate of drug-likeness (QED) is 0.656. The van der Waals surface area contributed by atoms with E-state index in [1.54, 1.807) is 18.3 Å². The number of fused-ring (bicyclic) bond motifs is 1. The Kier molecular flexibility index (Phi) is 1.80. The van der Waals surface area contributed by atoms with Crippen molar-refractivity contribution >= 4 is 11.0 Å². The number of H-pyrrole nitrogens is 2. The van der Waals surface area contributed by atoms with Crippen molar-refractivity contribution < 1.29 is 4.39 Å². The average Bonchev–Trinajstić information content (AvgIpc) is 2.84. The Morgan fingerprint density at radius 3 is 2.88 bits per heavy atom. The SMILES string of the molecule is Cc1[nH]ncc1-c1nc2c(F)cccc2[nH]1. The molecule has 0 saturated carbocycles. The first-order chi connectivity index (χ1) is 7.75. The van der Waals surface area contributed by atoms with Crippen LogP contribution in [0.25, 0.3) is 22.4 Å². The first-order valence-corrected chi connectivity index (χ1v) is 4.90. The molecule has 0 fully saturated rings. The molecule has 3 rings (SSSR count). The van der Waals surface area contributed by atoms with Gasteiger partial charge in [0.2, 0.25) is 0 Å². The van der Waals surface area contributed by atoms with Crippen LogP contribution in [-0.4, -0.2) is 20.2 Å². The number of benzene rings is 1. The smallest absolute Gasteiger partial charge is 0.151 e. The molecular weight excluding hydrogens is 207 g/mol. The Labute approximate surface area is 90.5 Å². The van der Waals surface area contributed by atoms with E-state index in [9.17, 15) is 4.39 Å². The van der Waals surface area contributed by atoms with Crippen molar-refractivity contribution in [1.29, 1.82) is 0 Å². The molecule has 0 unspecified atom stereocenters. The van der Waals surface area contributed by atoms with E-state index >= 15 is 0 Å². The van der Waals surface area contributed by atoms with Crippen LogP contribution in [0.1, 0.15) is 5.69 Å². The van der Waals surface area contributed by atoms with Crippen molar-refractivity contribution in [3.8, 4) is 11.4 Å². The van der Waals surface area contributed by atoms with Crippen LogP contribution in [0, 0.1) is 12.7 Å². The summed E-state index contributed by atoms with van der Waals surface area (Å²) in [6.07, 6.45) is 1.67. The van der Waals surface area contributed by atoms with Crippen molar-refractivity contribution in [3.05, 3.63) is 35.9 Å². The largest absolute Gasteiger partial charge is 0.338 e. The van der Waals surface area contributed by atoms with Gasteiger partial charge in [-0.2, -0.15) is 5.10 Å². The zero-order valence-electron chi connectivity index (χ0n) is 8.58. The monoisotopic (exact) mass is 216 g/mol. The molecule has 0 radical (unpaired) electrons. The number of aromatic nitrogens is 4. The first-order valence-electron chi connectivity index (χ1n) is 4.90. The van der Waals surface area contributed by atoms with Crippen LogP contribution in [0.3, 0.4) is 0 Å². The zero-order chi connectivity index (χ0) is 11.1. The molecule has 0 aliphatic carbocycles. The summed E-state index contributed by atoms with van der Waals surface area (Å²) in [7, 11) is 0. The van der Waals surface area contributed by atoms with Crippen LogP contribution in [-0.2, 0) is 0 Å². The molecule has 4 nitrogen and oxygen atoms in total. The van der Waals surface area contributed by atoms with E-state index in [0.717, 1.165) is 11.3 Å². The molecule has 0 spiro atoms. The molecule has 3 aromatic rings. The van der Waals surface area contributed by atoms with Gasteiger partial charge in [0.05, 0.1) is 17.3 Å². The molecule has 0 atom stereocenters. The topological polar surface area (TPSA) is 57.4 Å². The Bertz CT molecular complexity index is 653. The van der Waals surface area contributed by atoms with Gasteiger partial charge in [0.1, 0.15) is 11.3 Å². The highest BCUT2D eigenvalue weighted by molar-refractivity contribution is 5.80. The summed E-state index contributed by atoms with van der Waals surface area (Å²) in [5.41, 5.74) is 2.81. The van der Waals surface area contributed by atoms with Crippen molar-refractivity contribution in [1.82, 2.24) is 20.2 Å². The minimum absolute atomic E-state index is 0.318. The minimum Gasteiger partial charge on any atom is -0.338 e. The lowest BCUT2D eigenvalue weighted by Gasteiger charge is -1.90. The first kappa shape index (κ1) is 9.08. The second-order valence-corrected chi connectivity index (χ2v) is 3.63. The van der Waals surface area contributed by atoms with E-state index in [2.05, 4.69) is 20.2 Å². The van der Waals surface area contributed by atoms with Crippen LogP contribution in [0.15, 0.2) is 24.4 Å². The third kappa shape index (κ3) is 1.21. The van der Waals surface area contributed by atoms with Crippen LogP contribution < -0.4 is 0 Å². The lowest BCUT2D eigenvalue weighted by atomic mass is 10.2. The summed E-state index contributed by atoms with van der Waals surface area (Å²) in [5.74, 6) is 0.312. The van der Waals surface area contributed by atoms with Gasteiger partial charge in [-0.25, -0.2) is 9.37 Å². The summed E-state index contributed by atoms with van der Waals surface area (Å²) in [6.45, 7) is 1.89. The fraction of sp³-hybridized carbons (Fsp3) is 0.0909. The average molecular weight is 216 g/mol. The molecule has 0 saturated heterocycles. The van der Waals surface area contributed by atoms with E-state index < -0.39 is 0 Å². The Balaban J connectivity index is 2.27. The van der Waals surface area contributed by atoms with E-state index in [1.165, 1.54) is 6.07 Å². The normalized spacial score (nSPS) is 11.1. The fourth-order valence-electron chi connectivity index (χ4n) is 1.71. The van der Waals surface area contributed by atoms with Gasteiger partial charge in [0.25, 0.3) is 0 Å². The molecule has 16 heavy (non-hydrogen) atoms. The van der Waals surface area contributed by atoms with Gasteiger partial charge in [0.15, 0.2) is 5.82 Å². The summed E-state index contributed by atoms with van der Waals surface area (Å²) in [4.78, 5) is 7.29. The molecule has 80 valence electrons. The molecule has 2 N–H and O–H groups in total. The highest BCUT2D eigenvalue weighted by Gasteiger charge is 2.11. The Morgan fingerprint density at radius 2 is 2.19 bits per heavy atom. The summed E-state index contributed by atoms with van der Waals surface area (Å²) < 4.78 is 13.4. The van der Waals surface area contributed by atoms with E-state index in [1.807, 2.05) is 6.92 Å². The highest BCUT2D eigenvalue weighted by atomic mass is 19.1. The molecule has 2 heterocycles. The van der Waals surface area contributed by atoms with E-state index in [-0.39, 0.29) is 5.82 Å². The Hall–Kier alpha value is -2.17. The number of nitrogens with one attached hydrogen (secondary N) is 2. The summed E-state index contributed by atoms with van der Waals surface area (Å²) >= 11 is 0. The second kappa shape index (κ2) is 3.16. The third-order valence-corrected chi connectivity index (χ3v) is 2.55. The van der Waals surface area contributed by atoms with Gasteiger partial charge in [-0.15, -0.1) is 0 Å². The standard InChI is InChI=1S/C11H9FN4/c1-6-7(5-13-16-6)11-14-9-4-2-3-8(12)10(9)15-11/h2-5H,1H3,(H,13,16)(H,14,15). The number of hydrogen-bond acceptors (Lipinski definition) is 2. The second-order valence-electron chi connectivity index (χ2n) is 3.63. The van der Waals surface area contributed by atoms with Crippen molar-refractivity contribution in [2.75, 3.05) is 0 Å². The number of hydrogen-bond donors (Lipinski definition) is 2. The van der Waals surface area contributed by atoms with Gasteiger partial charge in [-0.1, -0.05) is 6.07 Å². The van der Waals surface area contributed by atoms with Crippen LogP contribution in [0.4, 0.5) is 4.39 Å². The fourth-order valence-corrected chi connectivity index (χ4v) is 1.71. The summed E-state index contributed by atoms with van der Waals surface area (Å²) in [6, 6.07) is 4.85. The van der Waals surface area contributed by atoms with Crippen LogP contribution in [0.2, 0.25) is 0 Å². The van der Waals surface area contributed by atoms with Gasteiger partial charge >= 0.3 is 0 Å². The minimum atomic E-state index is -0.318. The number of halogens is 1. The van der Waals surface area contributed by atoms with Crippen LogP contribution >= 0.6 is 0 Å². The van der Waals surface area contributed by atoms with Crippen molar-refractivity contribution in [2.45, 2.75) is 6.92 Å². The van der Waals surface area contributed by atoms with Gasteiger partial charge in [-0.05, 0) is 19.1 Å². The molecule has 5 heteroatoms. The number of rotatable bonds is 1. The van der Waals surface area contributed by atoms with Crippen molar-refractivity contribution in [3.63, 3.8) is 0 Å². The molecular formula is C11H9FN4. The summed E-state index contributed by atoms with van der Waals surface area (Å²) in [5, 5.41) is 6.73. The molecule has 0 bridgehead atoms. The maximum Gasteiger partial charge on any atom is 0.151 e. The molecule has 0 amide bonds. The lowest BCUT2D eigenvalue weighted by molar-refractivity contribution is 0.637. The van der Waals surface area contributed by atoms with E-state index in [0.29, 0.717) is 16.9 Å². The lowest BCUT2D eigenvalue weighted by Crippen LogP contribution is -1.80. The third-order valence-electron chi connectivity index (χ3n) is 2.55. The van der Waals surface area contributed by atoms with Gasteiger partial charge in [-0.3, -0.25) is 5.10 Å². The molecule has 0 aliphatic heterocycles. The number of para-hydroxylation sites is 1. The van der Waals surface area contributed by atoms with E-state index in [4.69, 9.17) is 0 Å². The number of nitrogens with zero attached hydrogens (tertiary/aromatic N) is 2. The zero-order valence-corrected chi connectivity index (χ0v) is 8.58. The Morgan fingerprint density at radius 1 is 1.31 bits per heavy atom. The maximum atomic E-state index is 13.4. The maximum absolute atomic E-state index is 13.4. The van der Waals surface area contributed by atoms with Crippen molar-refractivity contribution in [2.24, 2.45) is 0 Å². The van der Waals surface area contributed by atoms with Gasteiger partial charge < -0.3 is 4.98 Å². The number of aromatic amines is 2. The number of aryl methyl sites for hydroxylation is 1. The predicted molar refractivity (Wildman–Crippen MR) is 58.4 cm³/mol. The van der Waals surface area contributed by atoms with Gasteiger partial charge in [0, 0.05) is 5.69 Å².